The van der Waals surface area contributed by atoms with Gasteiger partial charge in [-0.15, -0.1) is 0 Å². The molecule has 1 rings (SSSR count). The lowest BCUT2D eigenvalue weighted by atomic mass is 10.0. The summed E-state index contributed by atoms with van der Waals surface area (Å²) >= 11 is 3.41. The molecule has 0 aliphatic carbocycles. The molecule has 0 fully saturated rings. The zero-order valence-corrected chi connectivity index (χ0v) is 11.6. The summed E-state index contributed by atoms with van der Waals surface area (Å²) in [5.74, 6) is 1.34. The molecule has 0 spiro atoms. The van der Waals surface area contributed by atoms with Crippen molar-refractivity contribution in [3.8, 4) is 11.5 Å². The number of methoxy groups -OCH3 is 2. The van der Waals surface area contributed by atoms with Gasteiger partial charge in [0.25, 0.3) is 0 Å². The first kappa shape index (κ1) is 13.7. The van der Waals surface area contributed by atoms with Crippen molar-refractivity contribution in [3.63, 3.8) is 0 Å². The third-order valence-corrected chi connectivity index (χ3v) is 3.05. The SMILES string of the molecule is CCc1c(CN=C=O)cc(Br)c(OC)c1OC. The number of ether oxygens (including phenoxy) is 2. The fraction of sp³-hybridized carbons (Fsp3) is 0.417. The minimum Gasteiger partial charge on any atom is -0.493 e. The van der Waals surface area contributed by atoms with Crippen molar-refractivity contribution in [2.45, 2.75) is 19.9 Å². The van der Waals surface area contributed by atoms with Gasteiger partial charge in [-0.25, -0.2) is 9.79 Å². The average Bonchev–Trinajstić information content (AvgIpc) is 2.35. The topological polar surface area (TPSA) is 47.9 Å². The maximum absolute atomic E-state index is 10.2. The molecule has 0 atom stereocenters. The lowest BCUT2D eigenvalue weighted by Crippen LogP contribution is -2.01. The molecule has 0 aromatic heterocycles. The molecule has 5 heteroatoms. The van der Waals surface area contributed by atoms with Crippen LogP contribution in [0.4, 0.5) is 0 Å². The van der Waals surface area contributed by atoms with E-state index in [0.29, 0.717) is 18.0 Å². The van der Waals surface area contributed by atoms with Gasteiger partial charge in [0.2, 0.25) is 6.08 Å². The fourth-order valence-electron chi connectivity index (χ4n) is 1.75. The monoisotopic (exact) mass is 299 g/mol. The van der Waals surface area contributed by atoms with Gasteiger partial charge < -0.3 is 9.47 Å². The molecule has 17 heavy (non-hydrogen) atoms. The van der Waals surface area contributed by atoms with Crippen LogP contribution in [0.5, 0.6) is 11.5 Å². The molecule has 0 saturated heterocycles. The largest absolute Gasteiger partial charge is 0.493 e. The molecule has 0 saturated carbocycles. The van der Waals surface area contributed by atoms with Gasteiger partial charge in [-0.3, -0.25) is 0 Å². The minimum absolute atomic E-state index is 0.297. The number of hydrogen-bond acceptors (Lipinski definition) is 4. The Bertz CT molecular complexity index is 454. The Morgan fingerprint density at radius 1 is 1.35 bits per heavy atom. The zero-order valence-electron chi connectivity index (χ0n) is 10.0. The predicted octanol–water partition coefficient (Wildman–Crippen LogP) is 2.86. The van der Waals surface area contributed by atoms with Crippen LogP contribution in [0.3, 0.4) is 0 Å². The van der Waals surface area contributed by atoms with Crippen LogP contribution in [0.25, 0.3) is 0 Å². The second-order valence-corrected chi connectivity index (χ2v) is 4.18. The van der Waals surface area contributed by atoms with E-state index in [1.165, 1.54) is 0 Å². The van der Waals surface area contributed by atoms with E-state index in [9.17, 15) is 4.79 Å². The van der Waals surface area contributed by atoms with Crippen LogP contribution >= 0.6 is 15.9 Å². The van der Waals surface area contributed by atoms with Crippen LogP contribution in [0, 0.1) is 0 Å². The second-order valence-electron chi connectivity index (χ2n) is 3.32. The lowest BCUT2D eigenvalue weighted by molar-refractivity contribution is 0.349. The van der Waals surface area contributed by atoms with Gasteiger partial charge >= 0.3 is 0 Å². The standard InChI is InChI=1S/C12H14BrNO3/c1-4-9-8(6-14-7-15)5-10(13)12(17-3)11(9)16-2/h5H,4,6H2,1-3H3. The third-order valence-electron chi connectivity index (χ3n) is 2.46. The van der Waals surface area contributed by atoms with Gasteiger partial charge in [0, 0.05) is 5.56 Å². The Morgan fingerprint density at radius 2 is 2.00 bits per heavy atom. The first-order valence-corrected chi connectivity index (χ1v) is 5.94. The molecule has 0 aliphatic heterocycles. The maximum atomic E-state index is 10.2. The minimum atomic E-state index is 0.297. The van der Waals surface area contributed by atoms with Crippen molar-refractivity contribution in [1.29, 1.82) is 0 Å². The fourth-order valence-corrected chi connectivity index (χ4v) is 2.37. The Kier molecular flexibility index (Phi) is 5.19. The van der Waals surface area contributed by atoms with Crippen LogP contribution in [0.1, 0.15) is 18.1 Å². The highest BCUT2D eigenvalue weighted by molar-refractivity contribution is 9.10. The maximum Gasteiger partial charge on any atom is 0.235 e. The first-order valence-electron chi connectivity index (χ1n) is 5.15. The van der Waals surface area contributed by atoms with E-state index in [1.54, 1.807) is 20.3 Å². The molecule has 0 aliphatic rings. The molecule has 0 radical (unpaired) electrons. The van der Waals surface area contributed by atoms with Crippen molar-refractivity contribution in [2.24, 2.45) is 4.99 Å². The first-order chi connectivity index (χ1) is 8.19. The van der Waals surface area contributed by atoms with Crippen molar-refractivity contribution in [2.75, 3.05) is 14.2 Å². The summed E-state index contributed by atoms with van der Waals surface area (Å²) in [6, 6.07) is 1.89. The van der Waals surface area contributed by atoms with Crippen LogP contribution in [-0.4, -0.2) is 20.3 Å². The molecule has 0 N–H and O–H groups in total. The van der Waals surface area contributed by atoms with E-state index < -0.39 is 0 Å². The Balaban J connectivity index is 3.41. The third kappa shape index (κ3) is 2.87. The number of hydrogen-bond donors (Lipinski definition) is 0. The smallest absolute Gasteiger partial charge is 0.235 e. The molecular formula is C12H14BrNO3. The molecule has 92 valence electrons. The molecule has 1 aromatic carbocycles. The second kappa shape index (κ2) is 6.42. The number of isocyanates is 1. The van der Waals surface area contributed by atoms with Crippen LogP contribution in [0.15, 0.2) is 15.5 Å². The Morgan fingerprint density at radius 3 is 2.47 bits per heavy atom. The molecule has 0 bridgehead atoms. The summed E-state index contributed by atoms with van der Waals surface area (Å²) in [7, 11) is 3.18. The van der Waals surface area contributed by atoms with Gasteiger partial charge in [0.05, 0.1) is 25.2 Å². The highest BCUT2D eigenvalue weighted by Gasteiger charge is 2.17. The number of halogens is 1. The summed E-state index contributed by atoms with van der Waals surface area (Å²) in [6.45, 7) is 2.31. The van der Waals surface area contributed by atoms with Crippen molar-refractivity contribution in [1.82, 2.24) is 0 Å². The van der Waals surface area contributed by atoms with Crippen molar-refractivity contribution < 1.29 is 14.3 Å². The van der Waals surface area contributed by atoms with E-state index in [4.69, 9.17) is 9.47 Å². The highest BCUT2D eigenvalue weighted by atomic mass is 79.9. The van der Waals surface area contributed by atoms with Crippen molar-refractivity contribution in [3.05, 3.63) is 21.7 Å². The summed E-state index contributed by atoms with van der Waals surface area (Å²) < 4.78 is 11.4. The number of benzene rings is 1. The van der Waals surface area contributed by atoms with Gasteiger partial charge in [-0.1, -0.05) is 6.92 Å². The summed E-state index contributed by atoms with van der Waals surface area (Å²) in [4.78, 5) is 13.8. The predicted molar refractivity (Wildman–Crippen MR) is 68.4 cm³/mol. The van der Waals surface area contributed by atoms with Gasteiger partial charge in [-0.2, -0.15) is 0 Å². The molecule has 4 nitrogen and oxygen atoms in total. The molecular weight excluding hydrogens is 286 g/mol. The molecule has 0 unspecified atom stereocenters. The quantitative estimate of drug-likeness (QED) is 0.620. The highest BCUT2D eigenvalue weighted by Crippen LogP contribution is 2.40. The van der Waals surface area contributed by atoms with E-state index in [2.05, 4.69) is 20.9 Å². The van der Waals surface area contributed by atoms with E-state index >= 15 is 0 Å². The lowest BCUT2D eigenvalue weighted by Gasteiger charge is -2.16. The average molecular weight is 300 g/mol. The number of rotatable bonds is 5. The zero-order chi connectivity index (χ0) is 12.8. The van der Waals surface area contributed by atoms with Gasteiger partial charge in [0.15, 0.2) is 11.5 Å². The van der Waals surface area contributed by atoms with Crippen molar-refractivity contribution >= 4 is 22.0 Å². The normalized spacial score (nSPS) is 9.65. The van der Waals surface area contributed by atoms with E-state index in [1.807, 2.05) is 13.0 Å². The van der Waals surface area contributed by atoms with Crippen LogP contribution in [0.2, 0.25) is 0 Å². The van der Waals surface area contributed by atoms with Crippen LogP contribution < -0.4 is 9.47 Å². The Labute approximate surface area is 109 Å². The molecule has 1 aromatic rings. The number of carbonyl (C=O) groups excluding carboxylic acids is 1. The van der Waals surface area contributed by atoms with Crippen LogP contribution in [-0.2, 0) is 17.8 Å². The molecule has 0 amide bonds. The number of nitrogens with zero attached hydrogens (tertiary/aromatic N) is 1. The summed E-state index contributed by atoms with van der Waals surface area (Å²) in [5, 5.41) is 0. The summed E-state index contributed by atoms with van der Waals surface area (Å²) in [5.41, 5.74) is 1.92. The van der Waals surface area contributed by atoms with Gasteiger partial charge in [-0.05, 0) is 34.0 Å². The van der Waals surface area contributed by atoms with Gasteiger partial charge in [0.1, 0.15) is 0 Å². The molecule has 0 heterocycles. The Hall–Kier alpha value is -1.32. The van der Waals surface area contributed by atoms with E-state index in [0.717, 1.165) is 22.0 Å². The van der Waals surface area contributed by atoms with E-state index in [-0.39, 0.29) is 0 Å². The summed E-state index contributed by atoms with van der Waals surface area (Å²) in [6.07, 6.45) is 2.31. The number of aliphatic imine (C=N–C) groups is 1.